The number of ether oxygens (including phenoxy) is 1. The molecule has 0 saturated heterocycles. The molecule has 0 aromatic rings. The SMILES string of the molecule is CCCCCC1(C(Cl)CCC(I)NOC)C(=O)CCC1CC(=O)OC. The fourth-order valence-corrected chi connectivity index (χ4v) is 5.08. The van der Waals surface area contributed by atoms with E-state index in [4.69, 9.17) is 21.2 Å². The number of hydroxylamine groups is 1. The highest BCUT2D eigenvalue weighted by molar-refractivity contribution is 14.1. The fraction of sp³-hybridized carbons (Fsp3) is 0.889. The van der Waals surface area contributed by atoms with Crippen LogP contribution in [0.2, 0.25) is 0 Å². The predicted molar refractivity (Wildman–Crippen MR) is 108 cm³/mol. The van der Waals surface area contributed by atoms with E-state index in [1.807, 2.05) is 0 Å². The number of alkyl halides is 2. The van der Waals surface area contributed by atoms with E-state index in [0.29, 0.717) is 12.8 Å². The Bertz CT molecular complexity index is 437. The Balaban J connectivity index is 2.92. The number of methoxy groups -OCH3 is 1. The zero-order chi connectivity index (χ0) is 18.9. The van der Waals surface area contributed by atoms with Crippen molar-refractivity contribution in [3.05, 3.63) is 0 Å². The molecule has 1 rings (SSSR count). The molecule has 1 fully saturated rings. The molecule has 0 spiro atoms. The molecule has 4 unspecified atom stereocenters. The Kier molecular flexibility index (Phi) is 10.8. The van der Waals surface area contributed by atoms with E-state index >= 15 is 0 Å². The summed E-state index contributed by atoms with van der Waals surface area (Å²) in [6, 6.07) is 0. The molecule has 25 heavy (non-hydrogen) atoms. The van der Waals surface area contributed by atoms with Crippen LogP contribution >= 0.6 is 34.2 Å². The predicted octanol–water partition coefficient (Wildman–Crippen LogP) is 4.40. The number of esters is 1. The Morgan fingerprint density at radius 3 is 2.72 bits per heavy atom. The number of Topliss-reactive ketones (excluding diaryl/α,β-unsaturated/α-hetero) is 1. The van der Waals surface area contributed by atoms with Crippen molar-refractivity contribution in [1.29, 1.82) is 0 Å². The Hall–Kier alpha value is 0.0800. The van der Waals surface area contributed by atoms with Crippen molar-refractivity contribution in [1.82, 2.24) is 5.48 Å². The molecule has 7 heteroatoms. The Morgan fingerprint density at radius 2 is 2.12 bits per heavy atom. The monoisotopic (exact) mass is 487 g/mol. The van der Waals surface area contributed by atoms with Gasteiger partial charge < -0.3 is 9.57 Å². The van der Waals surface area contributed by atoms with Crippen molar-refractivity contribution in [2.45, 2.75) is 74.1 Å². The van der Waals surface area contributed by atoms with E-state index in [9.17, 15) is 9.59 Å². The summed E-state index contributed by atoms with van der Waals surface area (Å²) in [6.07, 6.45) is 6.93. The fourth-order valence-electron chi connectivity index (χ4n) is 3.93. The normalized spacial score (nSPS) is 25.8. The summed E-state index contributed by atoms with van der Waals surface area (Å²) in [6.45, 7) is 2.14. The molecule has 0 heterocycles. The third-order valence-corrected chi connectivity index (χ3v) is 6.77. The quantitative estimate of drug-likeness (QED) is 0.110. The minimum atomic E-state index is -0.603. The maximum atomic E-state index is 12.9. The lowest BCUT2D eigenvalue weighted by Crippen LogP contribution is -2.42. The first-order chi connectivity index (χ1) is 11.9. The van der Waals surface area contributed by atoms with E-state index in [2.05, 4.69) is 35.0 Å². The zero-order valence-electron chi connectivity index (χ0n) is 15.5. The minimum absolute atomic E-state index is 0.0187. The first kappa shape index (κ1) is 23.1. The molecule has 4 atom stereocenters. The van der Waals surface area contributed by atoms with Crippen LogP contribution in [0.1, 0.15) is 64.7 Å². The van der Waals surface area contributed by atoms with Gasteiger partial charge in [0.05, 0.1) is 18.3 Å². The molecule has 0 radical (unpaired) electrons. The highest BCUT2D eigenvalue weighted by Gasteiger charge is 2.53. The van der Waals surface area contributed by atoms with Gasteiger partial charge in [-0.15, -0.1) is 11.6 Å². The molecular weight excluding hydrogens is 457 g/mol. The first-order valence-corrected chi connectivity index (χ1v) is 10.8. The van der Waals surface area contributed by atoms with Gasteiger partial charge in [0.2, 0.25) is 0 Å². The molecular formula is C18H31ClINO4. The van der Waals surface area contributed by atoms with Gasteiger partial charge in [-0.3, -0.25) is 9.59 Å². The van der Waals surface area contributed by atoms with Gasteiger partial charge in [-0.1, -0.05) is 48.8 Å². The molecule has 0 amide bonds. The second-order valence-corrected chi connectivity index (χ2v) is 8.80. The molecule has 0 aliphatic heterocycles. The lowest BCUT2D eigenvalue weighted by molar-refractivity contribution is -0.143. The van der Waals surface area contributed by atoms with Gasteiger partial charge in [-0.25, -0.2) is 0 Å². The number of carbonyl (C=O) groups excluding carboxylic acids is 2. The average molecular weight is 488 g/mol. The molecule has 146 valence electrons. The minimum Gasteiger partial charge on any atom is -0.469 e. The van der Waals surface area contributed by atoms with Crippen LogP contribution in [0.25, 0.3) is 0 Å². The second-order valence-electron chi connectivity index (χ2n) is 6.77. The number of nitrogens with one attached hydrogen (secondary N) is 1. The van der Waals surface area contributed by atoms with Crippen molar-refractivity contribution >= 4 is 45.9 Å². The van der Waals surface area contributed by atoms with Gasteiger partial charge in [-0.05, 0) is 31.6 Å². The maximum Gasteiger partial charge on any atom is 0.305 e. The third kappa shape index (κ3) is 6.33. The van der Waals surface area contributed by atoms with Gasteiger partial charge in [-0.2, -0.15) is 5.48 Å². The van der Waals surface area contributed by atoms with Crippen LogP contribution in [-0.4, -0.2) is 35.4 Å². The van der Waals surface area contributed by atoms with Crippen molar-refractivity contribution < 1.29 is 19.2 Å². The number of ketones is 1. The van der Waals surface area contributed by atoms with Crippen molar-refractivity contribution in [2.24, 2.45) is 11.3 Å². The van der Waals surface area contributed by atoms with Crippen molar-refractivity contribution in [2.75, 3.05) is 14.2 Å². The van der Waals surface area contributed by atoms with Crippen LogP contribution in [0.4, 0.5) is 0 Å². The smallest absolute Gasteiger partial charge is 0.305 e. The van der Waals surface area contributed by atoms with Crippen LogP contribution in [0.5, 0.6) is 0 Å². The molecule has 5 nitrogen and oxygen atoms in total. The molecule has 1 aliphatic rings. The van der Waals surface area contributed by atoms with E-state index in [-0.39, 0.29) is 33.5 Å². The largest absolute Gasteiger partial charge is 0.469 e. The van der Waals surface area contributed by atoms with Gasteiger partial charge in [0.1, 0.15) is 5.78 Å². The summed E-state index contributed by atoms with van der Waals surface area (Å²) in [7, 11) is 2.98. The van der Waals surface area contributed by atoms with E-state index in [0.717, 1.165) is 38.5 Å². The molecule has 0 aromatic heterocycles. The Morgan fingerprint density at radius 1 is 1.40 bits per heavy atom. The van der Waals surface area contributed by atoms with E-state index in [1.54, 1.807) is 7.11 Å². The highest BCUT2D eigenvalue weighted by Crippen LogP contribution is 2.52. The van der Waals surface area contributed by atoms with Crippen LogP contribution in [0, 0.1) is 11.3 Å². The van der Waals surface area contributed by atoms with Crippen LogP contribution in [0.3, 0.4) is 0 Å². The van der Waals surface area contributed by atoms with Crippen molar-refractivity contribution in [3.63, 3.8) is 0 Å². The van der Waals surface area contributed by atoms with E-state index in [1.165, 1.54) is 7.11 Å². The highest BCUT2D eigenvalue weighted by atomic mass is 127. The lowest BCUT2D eigenvalue weighted by atomic mass is 9.68. The number of unbranched alkanes of at least 4 members (excludes halogenated alkanes) is 2. The summed E-state index contributed by atoms with van der Waals surface area (Å²) in [5.74, 6) is -0.0479. The van der Waals surface area contributed by atoms with Crippen molar-refractivity contribution in [3.8, 4) is 0 Å². The first-order valence-electron chi connectivity index (χ1n) is 9.09. The summed E-state index contributed by atoms with van der Waals surface area (Å²) in [5.41, 5.74) is 2.29. The van der Waals surface area contributed by atoms with Crippen LogP contribution < -0.4 is 5.48 Å². The van der Waals surface area contributed by atoms with Gasteiger partial charge in [0, 0.05) is 23.6 Å². The van der Waals surface area contributed by atoms with Gasteiger partial charge in [0.25, 0.3) is 0 Å². The topological polar surface area (TPSA) is 64.6 Å². The van der Waals surface area contributed by atoms with Gasteiger partial charge >= 0.3 is 5.97 Å². The summed E-state index contributed by atoms with van der Waals surface area (Å²) in [4.78, 5) is 29.7. The second kappa shape index (κ2) is 11.7. The average Bonchev–Trinajstić information content (AvgIpc) is 2.90. The maximum absolute atomic E-state index is 12.9. The standard InChI is InChI=1S/C18H31ClINO4/c1-4-5-6-11-18(14(19)8-10-16(20)21-25-3)13(7-9-15(18)22)12-17(23)24-2/h13-14,16,21H,4-12H2,1-3H3. The number of carbonyl (C=O) groups is 2. The molecule has 1 aliphatic carbocycles. The number of hydrogen-bond donors (Lipinski definition) is 1. The summed E-state index contributed by atoms with van der Waals surface area (Å²) in [5, 5.41) is -0.273. The Labute approximate surface area is 170 Å². The van der Waals surface area contributed by atoms with E-state index < -0.39 is 5.41 Å². The van der Waals surface area contributed by atoms with Crippen LogP contribution in [0.15, 0.2) is 0 Å². The molecule has 0 aromatic carbocycles. The molecule has 1 N–H and O–H groups in total. The lowest BCUT2D eigenvalue weighted by Gasteiger charge is -2.38. The molecule has 0 bridgehead atoms. The summed E-state index contributed by atoms with van der Waals surface area (Å²) >= 11 is 9.10. The van der Waals surface area contributed by atoms with Gasteiger partial charge in [0.15, 0.2) is 0 Å². The molecule has 1 saturated carbocycles. The number of hydrogen-bond acceptors (Lipinski definition) is 5. The van der Waals surface area contributed by atoms with Crippen LogP contribution in [-0.2, 0) is 19.2 Å². The number of halogens is 2. The number of rotatable bonds is 12. The zero-order valence-corrected chi connectivity index (χ0v) is 18.4. The summed E-state index contributed by atoms with van der Waals surface area (Å²) < 4.78 is 4.99. The third-order valence-electron chi connectivity index (χ3n) is 5.28.